The summed E-state index contributed by atoms with van der Waals surface area (Å²) >= 11 is 0. The first-order valence-electron chi connectivity index (χ1n) is 24.4. The Morgan fingerprint density at radius 2 is 0.716 bits per heavy atom. The summed E-state index contributed by atoms with van der Waals surface area (Å²) in [7, 11) is 8.79. The molecule has 0 saturated heterocycles. The summed E-state index contributed by atoms with van der Waals surface area (Å²) in [6, 6.07) is 46.9. The molecule has 0 aliphatic rings. The zero-order valence-electron chi connectivity index (χ0n) is 43.2. The van der Waals surface area contributed by atoms with Crippen molar-refractivity contribution in [1.82, 2.24) is 0 Å². The van der Waals surface area contributed by atoms with Crippen molar-refractivity contribution in [3.8, 4) is 45.6 Å². The summed E-state index contributed by atoms with van der Waals surface area (Å²) in [4.78, 5) is 29.3. The van der Waals surface area contributed by atoms with Crippen molar-refractivity contribution in [2.75, 3.05) is 42.7 Å². The van der Waals surface area contributed by atoms with Crippen molar-refractivity contribution < 1.29 is 57.0 Å². The Labute approximate surface area is 432 Å². The van der Waals surface area contributed by atoms with Crippen LogP contribution >= 0.6 is 0 Å². The Bertz CT molecular complexity index is 2980. The first-order valence-corrected chi connectivity index (χ1v) is 24.4. The molecule has 0 aromatic heterocycles. The number of hydrogen-bond acceptors (Lipinski definition) is 12. The molecule has 0 N–H and O–H groups in total. The van der Waals surface area contributed by atoms with Crippen LogP contribution in [0.3, 0.4) is 0 Å². The summed E-state index contributed by atoms with van der Waals surface area (Å²) in [5, 5.41) is 2.13. The molecule has 8 aromatic rings. The minimum atomic E-state index is -0.733. The van der Waals surface area contributed by atoms with E-state index in [1.807, 2.05) is 159 Å². The topological polar surface area (TPSA) is 126 Å². The molecule has 12 nitrogen and oxygen atoms in total. The van der Waals surface area contributed by atoms with Gasteiger partial charge in [0.15, 0.2) is 0 Å². The molecule has 0 saturated carbocycles. The van der Waals surface area contributed by atoms with Gasteiger partial charge in [0.1, 0.15) is 58.8 Å². The molecular formula is C62H62O12. The van der Waals surface area contributed by atoms with Crippen LogP contribution < -0.4 is 28.4 Å². The molecule has 8 rings (SSSR count). The van der Waals surface area contributed by atoms with Crippen LogP contribution in [-0.2, 0) is 58.2 Å². The first-order chi connectivity index (χ1) is 36.1. The Balaban J connectivity index is 1.50. The summed E-state index contributed by atoms with van der Waals surface area (Å²) in [5.74, 6) is 0.168. The maximum Gasteiger partial charge on any atom is 0.345 e. The number of ether oxygens (including phenoxy) is 10. The second-order valence-corrected chi connectivity index (χ2v) is 17.8. The minimum absolute atomic E-state index is 0.00272. The van der Waals surface area contributed by atoms with Crippen LogP contribution in [0.25, 0.3) is 32.7 Å². The zero-order valence-corrected chi connectivity index (χ0v) is 43.2. The molecule has 0 radical (unpaired) electrons. The normalized spacial score (nSPS) is 11.9. The second-order valence-electron chi connectivity index (χ2n) is 17.8. The van der Waals surface area contributed by atoms with Gasteiger partial charge in [-0.3, -0.25) is 0 Å². The molecule has 0 spiro atoms. The fraction of sp³-hybridized carbons (Fsp3) is 0.258. The molecule has 0 fully saturated rings. The van der Waals surface area contributed by atoms with Gasteiger partial charge in [0.2, 0.25) is 0 Å². The monoisotopic (exact) mass is 998 g/mol. The predicted octanol–water partition coefficient (Wildman–Crippen LogP) is 12.7. The Morgan fingerprint density at radius 1 is 0.392 bits per heavy atom. The van der Waals surface area contributed by atoms with Crippen molar-refractivity contribution >= 4 is 33.5 Å². The van der Waals surface area contributed by atoms with Crippen molar-refractivity contribution in [1.29, 1.82) is 0 Å². The van der Waals surface area contributed by atoms with Crippen LogP contribution in [0.1, 0.15) is 67.9 Å². The number of carbonyl (C=O) groups is 2. The number of rotatable bonds is 23. The van der Waals surface area contributed by atoms with Gasteiger partial charge in [-0.15, -0.1) is 0 Å². The molecule has 0 aliphatic carbocycles. The highest BCUT2D eigenvalue weighted by molar-refractivity contribution is 6.20. The van der Waals surface area contributed by atoms with Gasteiger partial charge in [-0.25, -0.2) is 9.59 Å². The predicted molar refractivity (Wildman–Crippen MR) is 286 cm³/mol. The number of fused-ring (bicyclic) bond motifs is 2. The molecule has 2 atom stereocenters. The number of methoxy groups -OCH3 is 6. The van der Waals surface area contributed by atoms with Gasteiger partial charge in [0, 0.05) is 34.7 Å². The van der Waals surface area contributed by atoms with Gasteiger partial charge in [-0.2, -0.15) is 0 Å². The first kappa shape index (κ1) is 52.3. The van der Waals surface area contributed by atoms with Crippen molar-refractivity contribution in [2.45, 2.75) is 65.3 Å². The molecule has 0 unspecified atom stereocenters. The van der Waals surface area contributed by atoms with Crippen LogP contribution in [-0.4, -0.2) is 66.8 Å². The summed E-state index contributed by atoms with van der Waals surface area (Å²) in [6.07, 6.45) is 0.272. The Morgan fingerprint density at radius 3 is 1.01 bits per heavy atom. The maximum atomic E-state index is 14.6. The number of esters is 2. The van der Waals surface area contributed by atoms with Crippen LogP contribution in [0.15, 0.2) is 146 Å². The van der Waals surface area contributed by atoms with E-state index in [0.29, 0.717) is 70.2 Å². The quantitative estimate of drug-likeness (QED) is 0.0566. The Hall–Kier alpha value is -8.06. The van der Waals surface area contributed by atoms with Gasteiger partial charge >= 0.3 is 11.9 Å². The van der Waals surface area contributed by atoms with Crippen LogP contribution in [0.2, 0.25) is 0 Å². The van der Waals surface area contributed by atoms with Gasteiger partial charge in [-0.1, -0.05) is 121 Å². The lowest BCUT2D eigenvalue weighted by Crippen LogP contribution is -2.15. The number of hydrogen-bond donors (Lipinski definition) is 0. The molecule has 0 amide bonds. The lowest BCUT2D eigenvalue weighted by Gasteiger charge is -2.27. The zero-order chi connectivity index (χ0) is 52.1. The lowest BCUT2D eigenvalue weighted by molar-refractivity contribution is 0.0530. The van der Waals surface area contributed by atoms with E-state index in [1.165, 1.54) is 28.4 Å². The molecule has 8 aromatic carbocycles. The largest absolute Gasteiger partial charge is 0.496 e. The summed E-state index contributed by atoms with van der Waals surface area (Å²) < 4.78 is 62.9. The molecule has 382 valence electrons. The number of carbonyl (C=O) groups excluding carboxylic acids is 2. The van der Waals surface area contributed by atoms with Crippen molar-refractivity contribution in [3.63, 3.8) is 0 Å². The van der Waals surface area contributed by atoms with Gasteiger partial charge in [0.05, 0.1) is 68.1 Å². The highest BCUT2D eigenvalue weighted by atomic mass is 16.5. The highest BCUT2D eigenvalue weighted by Crippen LogP contribution is 2.56. The van der Waals surface area contributed by atoms with E-state index in [-0.39, 0.29) is 59.5 Å². The molecule has 74 heavy (non-hydrogen) atoms. The second kappa shape index (κ2) is 24.6. The van der Waals surface area contributed by atoms with E-state index in [2.05, 4.69) is 0 Å². The van der Waals surface area contributed by atoms with E-state index >= 15 is 0 Å². The molecular weight excluding hydrogens is 937 g/mol. The average molecular weight is 999 g/mol. The highest BCUT2D eigenvalue weighted by Gasteiger charge is 2.36. The molecule has 0 bridgehead atoms. The maximum absolute atomic E-state index is 14.6. The van der Waals surface area contributed by atoms with Crippen molar-refractivity contribution in [2.24, 2.45) is 0 Å². The fourth-order valence-corrected chi connectivity index (χ4v) is 9.31. The van der Waals surface area contributed by atoms with E-state index < -0.39 is 11.9 Å². The third-order valence-corrected chi connectivity index (χ3v) is 12.9. The standard InChI is InChI=1S/C62H62O12/c1-39(71-35-41-21-13-9-14-22-41)29-45-31-47-49(33-51(45)65-3)57(67-5)55(61(63)69-7)59(73-37-43-25-17-11-18-26-43)53(47)54-48-32-46(30-40(2)72-36-42-23-15-10-16-24-42)52(66-4)34-50(48)58(68-6)56(62(64)70-8)60(54)74-38-44-27-19-12-20-28-44/h9-28,31-34,39-40H,29-30,35-38H2,1-8H3/t39-,40-/m1/s1. The smallest absolute Gasteiger partial charge is 0.345 e. The Kier molecular flexibility index (Phi) is 17.4. The van der Waals surface area contributed by atoms with E-state index in [4.69, 9.17) is 47.4 Å². The molecule has 12 heteroatoms. The minimum Gasteiger partial charge on any atom is -0.496 e. The van der Waals surface area contributed by atoms with Gasteiger partial charge in [0.25, 0.3) is 0 Å². The summed E-state index contributed by atoms with van der Waals surface area (Å²) in [6.45, 7) is 4.86. The van der Waals surface area contributed by atoms with E-state index in [1.54, 1.807) is 14.2 Å². The van der Waals surface area contributed by atoms with Crippen LogP contribution in [0.4, 0.5) is 0 Å². The summed E-state index contributed by atoms with van der Waals surface area (Å²) in [5.41, 5.74) is 6.07. The van der Waals surface area contributed by atoms with E-state index in [0.717, 1.165) is 33.4 Å². The van der Waals surface area contributed by atoms with Crippen LogP contribution in [0, 0.1) is 0 Å². The third-order valence-electron chi connectivity index (χ3n) is 12.9. The van der Waals surface area contributed by atoms with Gasteiger partial charge in [-0.05, 0) is 82.3 Å². The average Bonchev–Trinajstić information content (AvgIpc) is 3.45. The molecule has 0 heterocycles. The lowest BCUT2D eigenvalue weighted by atomic mass is 9.85. The van der Waals surface area contributed by atoms with Crippen LogP contribution in [0.5, 0.6) is 34.5 Å². The number of benzene rings is 8. The fourth-order valence-electron chi connectivity index (χ4n) is 9.31. The SMILES string of the molecule is COC(=O)c1c(OCc2ccccc2)c(-c2c(OCc3ccccc3)c(C(=O)OC)c(OC)c3cc(OC)c(C[C@@H](C)OCc4ccccc4)cc23)c2cc(C[C@@H](C)OCc3ccccc3)c(OC)cc2c1OC. The third kappa shape index (κ3) is 11.6. The van der Waals surface area contributed by atoms with Gasteiger partial charge < -0.3 is 47.4 Å². The molecule has 0 aliphatic heterocycles. The van der Waals surface area contributed by atoms with E-state index in [9.17, 15) is 9.59 Å². The van der Waals surface area contributed by atoms with Crippen molar-refractivity contribution in [3.05, 3.63) is 190 Å².